The van der Waals surface area contributed by atoms with E-state index in [1.807, 2.05) is 0 Å². The highest BCUT2D eigenvalue weighted by Gasteiger charge is 2.10. The van der Waals surface area contributed by atoms with Crippen molar-refractivity contribution in [3.8, 4) is 5.75 Å². The van der Waals surface area contributed by atoms with Crippen molar-refractivity contribution in [3.63, 3.8) is 0 Å². The minimum Gasteiger partial charge on any atom is -0.482 e. The van der Waals surface area contributed by atoms with Crippen LogP contribution < -0.4 is 15.4 Å². The number of hydrogen-bond donors (Lipinski definition) is 2. The fourth-order valence-corrected chi connectivity index (χ4v) is 2.32. The van der Waals surface area contributed by atoms with E-state index in [1.54, 1.807) is 0 Å². The van der Waals surface area contributed by atoms with Crippen LogP contribution in [0.5, 0.6) is 5.75 Å². The molecular formula is C16H12Cl3FN2O3. The number of halogens is 4. The molecule has 2 N–H and O–H groups in total. The number of nitrogens with one attached hydrogen (secondary N) is 2. The number of hydrogen-bond acceptors (Lipinski definition) is 3. The molecule has 0 radical (unpaired) electrons. The van der Waals surface area contributed by atoms with Gasteiger partial charge in [0.15, 0.2) is 6.61 Å². The third-order valence-electron chi connectivity index (χ3n) is 2.91. The van der Waals surface area contributed by atoms with Gasteiger partial charge in [-0.1, -0.05) is 34.8 Å². The lowest BCUT2D eigenvalue weighted by Gasteiger charge is -2.10. The van der Waals surface area contributed by atoms with Gasteiger partial charge in [0.25, 0.3) is 5.91 Å². The minimum absolute atomic E-state index is 0.196. The van der Waals surface area contributed by atoms with Gasteiger partial charge in [0, 0.05) is 11.8 Å². The van der Waals surface area contributed by atoms with Crippen LogP contribution in [0.3, 0.4) is 0 Å². The maximum absolute atomic E-state index is 12.8. The van der Waals surface area contributed by atoms with Crippen LogP contribution in [0.2, 0.25) is 15.1 Å². The Hall–Kier alpha value is -2.02. The maximum atomic E-state index is 12.8. The molecule has 132 valence electrons. The normalized spacial score (nSPS) is 10.2. The minimum atomic E-state index is -0.531. The zero-order valence-electron chi connectivity index (χ0n) is 12.6. The highest BCUT2D eigenvalue weighted by atomic mass is 35.5. The van der Waals surface area contributed by atoms with Crippen molar-refractivity contribution in [1.82, 2.24) is 5.32 Å². The second kappa shape index (κ2) is 8.89. The molecule has 2 amide bonds. The van der Waals surface area contributed by atoms with Gasteiger partial charge in [-0.05, 0) is 30.3 Å². The fourth-order valence-electron chi connectivity index (χ4n) is 1.73. The quantitative estimate of drug-likeness (QED) is 0.716. The first-order valence-corrected chi connectivity index (χ1v) is 8.08. The van der Waals surface area contributed by atoms with Crippen LogP contribution in [0.25, 0.3) is 0 Å². The average Bonchev–Trinajstić information content (AvgIpc) is 2.57. The Balaban J connectivity index is 1.78. The molecule has 2 aromatic rings. The molecule has 9 heteroatoms. The van der Waals surface area contributed by atoms with Crippen LogP contribution in [0.15, 0.2) is 36.4 Å². The molecule has 2 rings (SSSR count). The Labute approximate surface area is 158 Å². The van der Waals surface area contributed by atoms with E-state index < -0.39 is 17.6 Å². The third kappa shape index (κ3) is 6.08. The Kier molecular flexibility index (Phi) is 6.87. The van der Waals surface area contributed by atoms with E-state index in [9.17, 15) is 14.0 Å². The zero-order valence-corrected chi connectivity index (χ0v) is 14.9. The zero-order chi connectivity index (χ0) is 18.4. The first-order valence-electron chi connectivity index (χ1n) is 6.94. The van der Waals surface area contributed by atoms with Crippen LogP contribution in [0, 0.1) is 5.82 Å². The van der Waals surface area contributed by atoms with Gasteiger partial charge in [-0.2, -0.15) is 0 Å². The number of carbonyl (C=O) groups excluding carboxylic acids is 2. The predicted molar refractivity (Wildman–Crippen MR) is 95.0 cm³/mol. The molecule has 0 saturated heterocycles. The standard InChI is InChI=1S/C16H12Cl3FN2O3/c17-11-5-13(19)14(6-12(11)18)25-8-16(24)21-7-15(23)22-10-3-1-9(20)2-4-10/h1-6H,7-8H2,(H,21,24)(H,22,23). The van der Waals surface area contributed by atoms with Gasteiger partial charge >= 0.3 is 0 Å². The molecule has 0 aliphatic carbocycles. The molecule has 0 aliphatic rings. The molecule has 0 fully saturated rings. The van der Waals surface area contributed by atoms with Crippen molar-refractivity contribution in [2.75, 3.05) is 18.5 Å². The van der Waals surface area contributed by atoms with Crippen molar-refractivity contribution in [1.29, 1.82) is 0 Å². The molecule has 2 aromatic carbocycles. The van der Waals surface area contributed by atoms with Crippen molar-refractivity contribution in [3.05, 3.63) is 57.3 Å². The molecule has 0 heterocycles. The second-order valence-corrected chi connectivity index (χ2v) is 6.04. The van der Waals surface area contributed by atoms with E-state index in [0.29, 0.717) is 5.69 Å². The van der Waals surface area contributed by atoms with Crippen LogP contribution >= 0.6 is 34.8 Å². The first kappa shape index (κ1) is 19.3. The summed E-state index contributed by atoms with van der Waals surface area (Å²) in [5.41, 5.74) is 0.416. The topological polar surface area (TPSA) is 67.4 Å². The smallest absolute Gasteiger partial charge is 0.258 e. The lowest BCUT2D eigenvalue weighted by Crippen LogP contribution is -2.35. The summed E-state index contributed by atoms with van der Waals surface area (Å²) in [5, 5.41) is 5.59. The Bertz CT molecular complexity index is 785. The largest absolute Gasteiger partial charge is 0.482 e. The van der Waals surface area contributed by atoms with Gasteiger partial charge < -0.3 is 15.4 Å². The van der Waals surface area contributed by atoms with Gasteiger partial charge in [-0.3, -0.25) is 9.59 Å². The molecule has 0 aromatic heterocycles. The molecule has 0 atom stereocenters. The number of rotatable bonds is 6. The van der Waals surface area contributed by atoms with E-state index in [4.69, 9.17) is 39.5 Å². The summed E-state index contributed by atoms with van der Waals surface area (Å²) in [4.78, 5) is 23.4. The first-order chi connectivity index (χ1) is 11.8. The van der Waals surface area contributed by atoms with Crippen LogP contribution in [-0.2, 0) is 9.59 Å². The molecule has 0 spiro atoms. The molecular weight excluding hydrogens is 394 g/mol. The predicted octanol–water partition coefficient (Wildman–Crippen LogP) is 3.92. The molecule has 0 unspecified atom stereocenters. The van der Waals surface area contributed by atoms with Crippen molar-refractivity contribution < 1.29 is 18.7 Å². The van der Waals surface area contributed by atoms with Crippen molar-refractivity contribution in [2.45, 2.75) is 0 Å². The summed E-state index contributed by atoms with van der Waals surface area (Å²) < 4.78 is 18.0. The molecule has 0 bridgehead atoms. The number of anilines is 1. The molecule has 5 nitrogen and oxygen atoms in total. The fraction of sp³-hybridized carbons (Fsp3) is 0.125. The highest BCUT2D eigenvalue weighted by Crippen LogP contribution is 2.33. The molecule has 0 saturated carbocycles. The number of amides is 2. The Morgan fingerprint density at radius 3 is 2.28 bits per heavy atom. The van der Waals surface area contributed by atoms with E-state index in [0.717, 1.165) is 0 Å². The van der Waals surface area contributed by atoms with Crippen LogP contribution in [-0.4, -0.2) is 25.0 Å². The maximum Gasteiger partial charge on any atom is 0.258 e. The van der Waals surface area contributed by atoms with Gasteiger partial charge in [-0.15, -0.1) is 0 Å². The summed E-state index contributed by atoms with van der Waals surface area (Å²) in [5.74, 6) is -1.21. The summed E-state index contributed by atoms with van der Waals surface area (Å²) in [7, 11) is 0. The van der Waals surface area contributed by atoms with Crippen molar-refractivity contribution in [2.24, 2.45) is 0 Å². The third-order valence-corrected chi connectivity index (χ3v) is 3.93. The van der Waals surface area contributed by atoms with Gasteiger partial charge in [-0.25, -0.2) is 4.39 Å². The summed E-state index contributed by atoms with van der Waals surface area (Å²) >= 11 is 17.6. The Morgan fingerprint density at radius 1 is 0.960 bits per heavy atom. The number of ether oxygens (including phenoxy) is 1. The number of carbonyl (C=O) groups is 2. The van der Waals surface area contributed by atoms with E-state index in [2.05, 4.69) is 10.6 Å². The lowest BCUT2D eigenvalue weighted by molar-refractivity contribution is -0.125. The van der Waals surface area contributed by atoms with Gasteiger partial charge in [0.05, 0.1) is 21.6 Å². The molecule has 0 aliphatic heterocycles. The number of benzene rings is 2. The highest BCUT2D eigenvalue weighted by molar-refractivity contribution is 6.43. The van der Waals surface area contributed by atoms with E-state index in [1.165, 1.54) is 36.4 Å². The van der Waals surface area contributed by atoms with Gasteiger partial charge in [0.2, 0.25) is 5.91 Å². The lowest BCUT2D eigenvalue weighted by atomic mass is 10.3. The van der Waals surface area contributed by atoms with Crippen molar-refractivity contribution >= 4 is 52.3 Å². The summed E-state index contributed by atoms with van der Waals surface area (Å²) in [6.07, 6.45) is 0. The second-order valence-electron chi connectivity index (χ2n) is 4.82. The summed E-state index contributed by atoms with van der Waals surface area (Å²) in [6.45, 7) is -0.629. The van der Waals surface area contributed by atoms with Crippen LogP contribution in [0.1, 0.15) is 0 Å². The summed E-state index contributed by atoms with van der Waals surface area (Å²) in [6, 6.07) is 8.02. The van der Waals surface area contributed by atoms with E-state index in [-0.39, 0.29) is 34.0 Å². The monoisotopic (exact) mass is 404 g/mol. The van der Waals surface area contributed by atoms with E-state index >= 15 is 0 Å². The van der Waals surface area contributed by atoms with Crippen LogP contribution in [0.4, 0.5) is 10.1 Å². The SMILES string of the molecule is O=C(COc1cc(Cl)c(Cl)cc1Cl)NCC(=O)Nc1ccc(F)cc1. The molecule has 25 heavy (non-hydrogen) atoms. The average molecular weight is 406 g/mol. The Morgan fingerprint density at radius 2 is 1.60 bits per heavy atom. The van der Waals surface area contributed by atoms with Gasteiger partial charge in [0.1, 0.15) is 11.6 Å².